The van der Waals surface area contributed by atoms with Crippen molar-refractivity contribution in [1.82, 2.24) is 39.2 Å². The minimum atomic E-state index is -0.560. The van der Waals surface area contributed by atoms with Crippen LogP contribution in [0.1, 0.15) is 70.6 Å². The molecule has 6 rings (SSSR count). The van der Waals surface area contributed by atoms with E-state index in [2.05, 4.69) is 23.4 Å². The van der Waals surface area contributed by atoms with E-state index < -0.39 is 11.5 Å². The van der Waals surface area contributed by atoms with E-state index in [9.17, 15) is 9.59 Å². The second-order valence-electron chi connectivity index (χ2n) is 14.4. The maximum atomic E-state index is 15.3. The number of rotatable bonds is 8. The molecule has 270 valence electrons. The molecule has 2 aliphatic rings. The number of fused-ring (bicyclic) bond motifs is 1. The first-order chi connectivity index (χ1) is 24.3. The Morgan fingerprint density at radius 3 is 2.24 bits per heavy atom. The van der Waals surface area contributed by atoms with Crippen molar-refractivity contribution in [3.05, 3.63) is 81.5 Å². The van der Waals surface area contributed by atoms with Gasteiger partial charge in [-0.05, 0) is 57.0 Å². The van der Waals surface area contributed by atoms with Crippen molar-refractivity contribution in [2.24, 2.45) is 0 Å². The molecule has 5 heterocycles. The first-order valence-corrected chi connectivity index (χ1v) is 18.1. The average Bonchev–Trinajstić information content (AvgIpc) is 3.09. The zero-order valence-corrected chi connectivity index (χ0v) is 31.3. The van der Waals surface area contributed by atoms with Gasteiger partial charge < -0.3 is 14.7 Å². The van der Waals surface area contributed by atoms with Crippen molar-refractivity contribution in [3.63, 3.8) is 0 Å². The zero-order valence-electron chi connectivity index (χ0n) is 30.5. The predicted molar refractivity (Wildman–Crippen MR) is 200 cm³/mol. The number of benzene rings is 1. The third kappa shape index (κ3) is 7.14. The van der Waals surface area contributed by atoms with E-state index >= 15 is 4.39 Å². The van der Waals surface area contributed by atoms with E-state index in [1.54, 1.807) is 29.2 Å². The molecule has 4 aromatic rings. The van der Waals surface area contributed by atoms with Crippen LogP contribution in [0.4, 0.5) is 10.2 Å². The number of pyridine rings is 1. The summed E-state index contributed by atoms with van der Waals surface area (Å²) in [5, 5.41) is 0.738. The zero-order chi connectivity index (χ0) is 36.7. The normalized spacial score (nSPS) is 19.0. The number of hydrogen-bond donors (Lipinski definition) is 0. The Hall–Kier alpha value is -4.26. The van der Waals surface area contributed by atoms with Gasteiger partial charge in [0.05, 0.1) is 39.7 Å². The van der Waals surface area contributed by atoms with E-state index in [0.717, 1.165) is 26.2 Å². The Labute approximate surface area is 303 Å². The molecule has 13 heteroatoms. The predicted octanol–water partition coefficient (Wildman–Crippen LogP) is 5.64. The van der Waals surface area contributed by atoms with Crippen LogP contribution in [0.15, 0.2) is 47.8 Å². The van der Waals surface area contributed by atoms with Crippen LogP contribution in [0.5, 0.6) is 0 Å². The van der Waals surface area contributed by atoms with E-state index in [1.165, 1.54) is 16.7 Å². The Morgan fingerprint density at radius 1 is 0.980 bits per heavy atom. The summed E-state index contributed by atoms with van der Waals surface area (Å²) in [7, 11) is 2.13. The standard InChI is InChI=1S/C38H47ClFN9O2/c1-9-31(50)47-19-25(7)48(20-24(47)6)36-27-18-28(39)34(26-12-10-11-13-29(26)40)43-37(27)49(38(51)44-36)35-32(22(2)3)41-30(42-33(35)23(4)5)21-46-16-14-45(8)15-17-46/h9-13,18,22-25H,1,14-17,19-21H2,2-8H3/t24-,25+/m1/s1. The quantitative estimate of drug-likeness (QED) is 0.215. The number of aromatic nitrogens is 5. The number of carbonyl (C=O) groups excluding carboxylic acids is 1. The van der Waals surface area contributed by atoms with Crippen LogP contribution in [-0.4, -0.2) is 104 Å². The average molecular weight is 716 g/mol. The van der Waals surface area contributed by atoms with E-state index in [1.807, 2.05) is 46.4 Å². The minimum Gasteiger partial charge on any atom is -0.349 e. The molecule has 0 radical (unpaired) electrons. The summed E-state index contributed by atoms with van der Waals surface area (Å²) in [6.07, 6.45) is 1.32. The number of amides is 1. The lowest BCUT2D eigenvalue weighted by Crippen LogP contribution is -2.58. The third-order valence-corrected chi connectivity index (χ3v) is 10.2. The fourth-order valence-corrected chi connectivity index (χ4v) is 7.32. The Balaban J connectivity index is 1.61. The van der Waals surface area contributed by atoms with Crippen LogP contribution in [0.2, 0.25) is 5.02 Å². The van der Waals surface area contributed by atoms with Crippen molar-refractivity contribution in [2.75, 3.05) is 51.2 Å². The number of nitrogens with zero attached hydrogens (tertiary/aromatic N) is 9. The van der Waals surface area contributed by atoms with E-state index in [0.29, 0.717) is 53.7 Å². The molecule has 0 N–H and O–H groups in total. The fourth-order valence-electron chi connectivity index (χ4n) is 7.07. The van der Waals surface area contributed by atoms with Gasteiger partial charge in [0.1, 0.15) is 17.5 Å². The molecule has 0 bridgehead atoms. The molecule has 0 unspecified atom stereocenters. The van der Waals surface area contributed by atoms with E-state index in [4.69, 9.17) is 31.5 Å². The number of piperazine rings is 2. The molecule has 2 saturated heterocycles. The maximum absolute atomic E-state index is 15.3. The van der Waals surface area contributed by atoms with Gasteiger partial charge in [-0.15, -0.1) is 0 Å². The van der Waals surface area contributed by atoms with Crippen LogP contribution in [0.3, 0.4) is 0 Å². The van der Waals surface area contributed by atoms with Gasteiger partial charge >= 0.3 is 5.69 Å². The highest BCUT2D eigenvalue weighted by molar-refractivity contribution is 6.33. The van der Waals surface area contributed by atoms with Gasteiger partial charge in [-0.1, -0.05) is 58.0 Å². The highest BCUT2D eigenvalue weighted by Crippen LogP contribution is 2.37. The number of carbonyl (C=O) groups is 1. The van der Waals surface area contributed by atoms with Gasteiger partial charge in [0.15, 0.2) is 5.65 Å². The SMILES string of the molecule is C=CC(=O)N1C[C@H](C)N(c2nc(=O)n(-c3c(C(C)C)nc(CN4CCN(C)CC4)nc3C(C)C)c3nc(-c4ccccc4F)c(Cl)cc23)C[C@H]1C. The molecule has 2 atom stereocenters. The smallest absolute Gasteiger partial charge is 0.349 e. The van der Waals surface area contributed by atoms with Crippen LogP contribution in [0, 0.1) is 5.82 Å². The lowest BCUT2D eigenvalue weighted by Gasteiger charge is -2.44. The topological polar surface area (TPSA) is 104 Å². The van der Waals surface area contributed by atoms with Crippen molar-refractivity contribution >= 4 is 34.4 Å². The summed E-state index contributed by atoms with van der Waals surface area (Å²) < 4.78 is 16.8. The fraction of sp³-hybridized carbons (Fsp3) is 0.474. The monoisotopic (exact) mass is 715 g/mol. The molecule has 51 heavy (non-hydrogen) atoms. The Morgan fingerprint density at radius 2 is 1.63 bits per heavy atom. The van der Waals surface area contributed by atoms with Gasteiger partial charge in [0.2, 0.25) is 5.91 Å². The molecule has 0 saturated carbocycles. The van der Waals surface area contributed by atoms with Gasteiger partial charge in [-0.2, -0.15) is 4.98 Å². The second kappa shape index (κ2) is 14.8. The second-order valence-corrected chi connectivity index (χ2v) is 14.8. The molecule has 0 spiro atoms. The van der Waals surface area contributed by atoms with E-state index in [-0.39, 0.29) is 51.8 Å². The van der Waals surface area contributed by atoms with Gasteiger partial charge in [-0.25, -0.2) is 28.7 Å². The van der Waals surface area contributed by atoms with Crippen LogP contribution in [0.25, 0.3) is 28.0 Å². The highest BCUT2D eigenvalue weighted by Gasteiger charge is 2.35. The third-order valence-electron chi connectivity index (χ3n) is 9.91. The molecule has 11 nitrogen and oxygen atoms in total. The summed E-state index contributed by atoms with van der Waals surface area (Å²) >= 11 is 6.93. The molecule has 2 aliphatic heterocycles. The lowest BCUT2D eigenvalue weighted by molar-refractivity contribution is -0.128. The van der Waals surface area contributed by atoms with Gasteiger partial charge in [0.25, 0.3) is 0 Å². The molecule has 3 aromatic heterocycles. The Bertz CT molecular complexity index is 2000. The molecule has 1 amide bonds. The van der Waals surface area contributed by atoms with Gasteiger partial charge in [-0.3, -0.25) is 9.69 Å². The summed E-state index contributed by atoms with van der Waals surface area (Å²) in [5.74, 6) is 0.305. The number of likely N-dealkylation sites (N-methyl/N-ethyl adjacent to an activating group) is 1. The van der Waals surface area contributed by atoms with Crippen molar-refractivity contribution < 1.29 is 9.18 Å². The molecular weight excluding hydrogens is 669 g/mol. The summed E-state index contributed by atoms with van der Waals surface area (Å²) in [6.45, 7) is 21.0. The molecule has 2 fully saturated rings. The van der Waals surface area contributed by atoms with Crippen molar-refractivity contribution in [2.45, 2.75) is 72.0 Å². The van der Waals surface area contributed by atoms with Gasteiger partial charge in [0, 0.05) is 56.9 Å². The summed E-state index contributed by atoms with van der Waals surface area (Å²) in [5.41, 5.74) is 2.09. The maximum Gasteiger partial charge on any atom is 0.355 e. The first kappa shape index (κ1) is 36.5. The van der Waals surface area contributed by atoms with Crippen molar-refractivity contribution in [3.8, 4) is 16.9 Å². The molecular formula is C38H47ClFN9O2. The summed E-state index contributed by atoms with van der Waals surface area (Å²) in [4.78, 5) is 55.7. The van der Waals surface area contributed by atoms with Crippen molar-refractivity contribution in [1.29, 1.82) is 0 Å². The number of hydrogen-bond acceptors (Lipinski definition) is 9. The minimum absolute atomic E-state index is 0.0805. The number of halogens is 2. The summed E-state index contributed by atoms with van der Waals surface area (Å²) in [6, 6.07) is 7.64. The van der Waals surface area contributed by atoms with Crippen LogP contribution in [-0.2, 0) is 11.3 Å². The largest absolute Gasteiger partial charge is 0.355 e. The number of anilines is 1. The molecule has 1 aromatic carbocycles. The Kier molecular flexibility index (Phi) is 10.6. The molecule has 0 aliphatic carbocycles. The highest BCUT2D eigenvalue weighted by atomic mass is 35.5. The van der Waals surface area contributed by atoms with Crippen LogP contribution >= 0.6 is 11.6 Å². The van der Waals surface area contributed by atoms with Crippen LogP contribution < -0.4 is 10.6 Å². The first-order valence-electron chi connectivity index (χ1n) is 17.7. The lowest BCUT2D eigenvalue weighted by atomic mass is 10.0.